The zero-order valence-electron chi connectivity index (χ0n) is 12.1. The number of rotatable bonds is 2. The highest BCUT2D eigenvalue weighted by Crippen LogP contribution is 2.34. The second-order valence-corrected chi connectivity index (χ2v) is 5.41. The topological polar surface area (TPSA) is 44.5 Å². The summed E-state index contributed by atoms with van der Waals surface area (Å²) in [5.41, 5.74) is 8.34. The first-order valence-corrected chi connectivity index (χ1v) is 6.97. The summed E-state index contributed by atoms with van der Waals surface area (Å²) in [5.74, 6) is 1.24. The van der Waals surface area contributed by atoms with Crippen molar-refractivity contribution in [3.05, 3.63) is 58.9 Å². The molecule has 2 N–H and O–H groups in total. The zero-order valence-corrected chi connectivity index (χ0v) is 12.1. The molecule has 0 saturated carbocycles. The van der Waals surface area contributed by atoms with Gasteiger partial charge in [0.05, 0.1) is 6.04 Å². The van der Waals surface area contributed by atoms with Crippen molar-refractivity contribution in [1.29, 1.82) is 0 Å². The van der Waals surface area contributed by atoms with Crippen molar-refractivity contribution in [2.45, 2.75) is 26.0 Å². The molecule has 0 spiro atoms. The maximum atomic E-state index is 13.7. The molecule has 0 bridgehead atoms. The Balaban J connectivity index is 1.85. The minimum absolute atomic E-state index is 0.183. The number of fused-ring (bicyclic) bond motifs is 1. The lowest BCUT2D eigenvalue weighted by Crippen LogP contribution is -2.39. The van der Waals surface area contributed by atoms with Crippen molar-refractivity contribution < 1.29 is 13.9 Å². The van der Waals surface area contributed by atoms with Gasteiger partial charge in [-0.2, -0.15) is 0 Å². The van der Waals surface area contributed by atoms with Crippen LogP contribution in [0.25, 0.3) is 0 Å². The van der Waals surface area contributed by atoms with Crippen LogP contribution >= 0.6 is 0 Å². The lowest BCUT2D eigenvalue weighted by Gasteiger charge is -2.30. The second kappa shape index (κ2) is 5.37. The molecule has 3 rings (SSSR count). The van der Waals surface area contributed by atoms with E-state index in [0.29, 0.717) is 23.5 Å². The SMILES string of the molecule is Cc1cc(C(N)C2COc3ccccc3O2)cc(C)c1F. The summed E-state index contributed by atoms with van der Waals surface area (Å²) in [6.45, 7) is 3.87. The molecule has 0 fully saturated rings. The van der Waals surface area contributed by atoms with Crippen LogP contribution in [-0.2, 0) is 0 Å². The molecular weight excluding hydrogens is 269 g/mol. The molecule has 0 radical (unpaired) electrons. The summed E-state index contributed by atoms with van der Waals surface area (Å²) < 4.78 is 25.3. The number of benzene rings is 2. The Morgan fingerprint density at radius 1 is 1.14 bits per heavy atom. The van der Waals surface area contributed by atoms with Gasteiger partial charge in [0.25, 0.3) is 0 Å². The van der Waals surface area contributed by atoms with Gasteiger partial charge < -0.3 is 15.2 Å². The Bertz CT molecular complexity index is 649. The van der Waals surface area contributed by atoms with E-state index in [9.17, 15) is 4.39 Å². The maximum Gasteiger partial charge on any atom is 0.161 e. The summed E-state index contributed by atoms with van der Waals surface area (Å²) >= 11 is 0. The molecule has 3 nitrogen and oxygen atoms in total. The maximum absolute atomic E-state index is 13.7. The average Bonchev–Trinajstić information content (AvgIpc) is 2.51. The van der Waals surface area contributed by atoms with Crippen LogP contribution in [0.15, 0.2) is 36.4 Å². The van der Waals surface area contributed by atoms with E-state index in [4.69, 9.17) is 15.2 Å². The Morgan fingerprint density at radius 3 is 2.43 bits per heavy atom. The molecule has 2 aromatic rings. The zero-order chi connectivity index (χ0) is 15.0. The number of nitrogens with two attached hydrogens (primary N) is 1. The first-order valence-electron chi connectivity index (χ1n) is 6.97. The number of aryl methyl sites for hydroxylation is 2. The molecule has 2 atom stereocenters. The van der Waals surface area contributed by atoms with Crippen molar-refractivity contribution in [2.24, 2.45) is 5.73 Å². The quantitative estimate of drug-likeness (QED) is 0.922. The third-order valence-electron chi connectivity index (χ3n) is 3.77. The Labute approximate surface area is 123 Å². The van der Waals surface area contributed by atoms with Crippen molar-refractivity contribution in [2.75, 3.05) is 6.61 Å². The number of hydrogen-bond donors (Lipinski definition) is 1. The summed E-state index contributed by atoms with van der Waals surface area (Å²) in [6.07, 6.45) is -0.288. The predicted octanol–water partition coefficient (Wildman–Crippen LogP) is 3.28. The molecule has 1 aliphatic heterocycles. The number of hydrogen-bond acceptors (Lipinski definition) is 3. The molecule has 0 aromatic heterocycles. The molecule has 1 heterocycles. The average molecular weight is 287 g/mol. The Kier molecular flexibility index (Phi) is 3.55. The first-order chi connectivity index (χ1) is 10.1. The minimum atomic E-state index is -0.364. The molecule has 4 heteroatoms. The molecule has 0 saturated heterocycles. The largest absolute Gasteiger partial charge is 0.486 e. The van der Waals surface area contributed by atoms with E-state index in [1.807, 2.05) is 24.3 Å². The normalized spacial score (nSPS) is 18.4. The van der Waals surface area contributed by atoms with Crippen LogP contribution in [0.4, 0.5) is 4.39 Å². The molecule has 110 valence electrons. The lowest BCUT2D eigenvalue weighted by atomic mass is 9.97. The van der Waals surface area contributed by atoms with Crippen LogP contribution in [0.5, 0.6) is 11.5 Å². The standard InChI is InChI=1S/C17H18FNO2/c1-10-7-12(8-11(2)16(10)18)17(19)15-9-20-13-5-3-4-6-14(13)21-15/h3-8,15,17H,9,19H2,1-2H3. The minimum Gasteiger partial charge on any atom is -0.486 e. The van der Waals surface area contributed by atoms with Gasteiger partial charge in [-0.25, -0.2) is 4.39 Å². The van der Waals surface area contributed by atoms with Gasteiger partial charge in [0.2, 0.25) is 0 Å². The van der Waals surface area contributed by atoms with Crippen molar-refractivity contribution in [3.8, 4) is 11.5 Å². The van der Waals surface area contributed by atoms with E-state index >= 15 is 0 Å². The Morgan fingerprint density at radius 2 is 1.76 bits per heavy atom. The van der Waals surface area contributed by atoms with Gasteiger partial charge in [0, 0.05) is 0 Å². The van der Waals surface area contributed by atoms with Gasteiger partial charge in [0.15, 0.2) is 17.6 Å². The highest BCUT2D eigenvalue weighted by molar-refractivity contribution is 5.41. The first kappa shape index (κ1) is 13.9. The van der Waals surface area contributed by atoms with Crippen LogP contribution < -0.4 is 15.2 Å². The van der Waals surface area contributed by atoms with Gasteiger partial charge in [0.1, 0.15) is 12.4 Å². The predicted molar refractivity (Wildman–Crippen MR) is 79.2 cm³/mol. The van der Waals surface area contributed by atoms with Crippen molar-refractivity contribution in [1.82, 2.24) is 0 Å². The molecule has 0 aliphatic carbocycles. The fourth-order valence-corrected chi connectivity index (χ4v) is 2.60. The fourth-order valence-electron chi connectivity index (χ4n) is 2.60. The van der Waals surface area contributed by atoms with E-state index in [2.05, 4.69) is 0 Å². The molecule has 2 aromatic carbocycles. The summed E-state index contributed by atoms with van der Waals surface area (Å²) in [4.78, 5) is 0. The Hall–Kier alpha value is -2.07. The monoisotopic (exact) mass is 287 g/mol. The van der Waals surface area contributed by atoms with Crippen LogP contribution in [0, 0.1) is 19.7 Å². The van der Waals surface area contributed by atoms with E-state index < -0.39 is 0 Å². The van der Waals surface area contributed by atoms with E-state index in [1.165, 1.54) is 0 Å². The summed E-state index contributed by atoms with van der Waals surface area (Å²) in [6, 6.07) is 10.7. The summed E-state index contributed by atoms with van der Waals surface area (Å²) in [5, 5.41) is 0. The van der Waals surface area contributed by atoms with Gasteiger partial charge in [-0.3, -0.25) is 0 Å². The lowest BCUT2D eigenvalue weighted by molar-refractivity contribution is 0.0721. The molecule has 21 heavy (non-hydrogen) atoms. The summed E-state index contributed by atoms with van der Waals surface area (Å²) in [7, 11) is 0. The highest BCUT2D eigenvalue weighted by Gasteiger charge is 2.28. The van der Waals surface area contributed by atoms with Gasteiger partial charge in [-0.15, -0.1) is 0 Å². The number of para-hydroxylation sites is 2. The van der Waals surface area contributed by atoms with Gasteiger partial charge >= 0.3 is 0 Å². The highest BCUT2D eigenvalue weighted by atomic mass is 19.1. The number of ether oxygens (including phenoxy) is 2. The van der Waals surface area contributed by atoms with Gasteiger partial charge in [-0.1, -0.05) is 24.3 Å². The smallest absolute Gasteiger partial charge is 0.161 e. The second-order valence-electron chi connectivity index (χ2n) is 5.41. The van der Waals surface area contributed by atoms with Crippen molar-refractivity contribution in [3.63, 3.8) is 0 Å². The molecule has 0 amide bonds. The van der Waals surface area contributed by atoms with Crippen LogP contribution in [0.2, 0.25) is 0 Å². The van der Waals surface area contributed by atoms with Crippen LogP contribution in [0.3, 0.4) is 0 Å². The van der Waals surface area contributed by atoms with Gasteiger partial charge in [-0.05, 0) is 42.7 Å². The number of halogens is 1. The third-order valence-corrected chi connectivity index (χ3v) is 3.77. The molecular formula is C17H18FNO2. The van der Waals surface area contributed by atoms with Crippen molar-refractivity contribution >= 4 is 0 Å². The molecule has 1 aliphatic rings. The van der Waals surface area contributed by atoms with E-state index in [-0.39, 0.29) is 18.0 Å². The van der Waals surface area contributed by atoms with E-state index in [1.54, 1.807) is 26.0 Å². The third kappa shape index (κ3) is 2.59. The van der Waals surface area contributed by atoms with E-state index in [0.717, 1.165) is 11.3 Å². The van der Waals surface area contributed by atoms with Crippen LogP contribution in [0.1, 0.15) is 22.7 Å². The fraction of sp³-hybridized carbons (Fsp3) is 0.294. The molecule has 2 unspecified atom stereocenters. The van der Waals surface area contributed by atoms with Crippen LogP contribution in [-0.4, -0.2) is 12.7 Å².